The van der Waals surface area contributed by atoms with Crippen LogP contribution in [-0.4, -0.2) is 37.5 Å². The summed E-state index contributed by atoms with van der Waals surface area (Å²) in [4.78, 5) is 10.7. The van der Waals surface area contributed by atoms with Crippen LogP contribution in [0.1, 0.15) is 25.7 Å². The molecule has 1 atom stereocenters. The Morgan fingerprint density at radius 1 is 1.53 bits per heavy atom. The number of hydrogen-bond donors (Lipinski definition) is 2. The van der Waals surface area contributed by atoms with Crippen molar-refractivity contribution in [2.24, 2.45) is 5.73 Å². The van der Waals surface area contributed by atoms with Crippen molar-refractivity contribution in [3.05, 3.63) is 0 Å². The molecule has 0 bridgehead atoms. The molecule has 0 spiro atoms. The lowest BCUT2D eigenvalue weighted by atomic mass is 10.0. The molecule has 1 saturated heterocycles. The van der Waals surface area contributed by atoms with Crippen LogP contribution in [0.25, 0.3) is 0 Å². The molecule has 1 aliphatic carbocycles. The third-order valence-electron chi connectivity index (χ3n) is 3.04. The third kappa shape index (κ3) is 2.82. The van der Waals surface area contributed by atoms with E-state index < -0.39 is 0 Å². The highest BCUT2D eigenvalue weighted by atomic mass is 16.6. The number of alkyl carbamates (subject to hydrolysis) is 1. The van der Waals surface area contributed by atoms with Gasteiger partial charge in [0, 0.05) is 5.54 Å². The lowest BCUT2D eigenvalue weighted by Crippen LogP contribution is -2.42. The number of ether oxygens (including phenoxy) is 2. The van der Waals surface area contributed by atoms with Crippen LogP contribution < -0.4 is 11.1 Å². The average molecular weight is 214 g/mol. The van der Waals surface area contributed by atoms with Gasteiger partial charge in [-0.2, -0.15) is 0 Å². The Balaban J connectivity index is 1.64. The molecule has 2 rings (SSSR count). The molecule has 1 aliphatic heterocycles. The van der Waals surface area contributed by atoms with Crippen LogP contribution in [0.3, 0.4) is 0 Å². The van der Waals surface area contributed by atoms with Gasteiger partial charge in [-0.25, -0.2) is 4.79 Å². The van der Waals surface area contributed by atoms with E-state index in [4.69, 9.17) is 15.2 Å². The van der Waals surface area contributed by atoms with Crippen LogP contribution >= 0.6 is 0 Å². The van der Waals surface area contributed by atoms with Gasteiger partial charge in [0.05, 0.1) is 19.8 Å². The summed E-state index contributed by atoms with van der Waals surface area (Å²) in [5.74, 6) is 0. The first-order valence-corrected chi connectivity index (χ1v) is 5.49. The zero-order valence-electron chi connectivity index (χ0n) is 8.83. The number of nitrogens with two attached hydrogens (primary N) is 1. The highest BCUT2D eigenvalue weighted by Crippen LogP contribution is 2.27. The summed E-state index contributed by atoms with van der Waals surface area (Å²) < 4.78 is 10.5. The molecule has 0 aromatic rings. The first-order chi connectivity index (χ1) is 7.18. The van der Waals surface area contributed by atoms with Crippen LogP contribution in [0.2, 0.25) is 0 Å². The highest BCUT2D eigenvalue weighted by Gasteiger charge is 2.30. The van der Waals surface area contributed by atoms with Crippen molar-refractivity contribution in [1.82, 2.24) is 5.32 Å². The zero-order valence-corrected chi connectivity index (χ0v) is 8.83. The van der Waals surface area contributed by atoms with Crippen LogP contribution in [-0.2, 0) is 9.47 Å². The largest absolute Gasteiger partial charge is 0.442 e. The molecule has 1 amide bonds. The standard InChI is InChI=1S/C10H18N2O3/c11-10(3-1-2-4-10)7-14-6-8-5-12-9(13)15-8/h8H,1-7,11H2,(H,12,13). The van der Waals surface area contributed by atoms with Crippen molar-refractivity contribution in [3.8, 4) is 0 Å². The molecule has 2 aliphatic rings. The summed E-state index contributed by atoms with van der Waals surface area (Å²) in [6.07, 6.45) is 3.96. The minimum atomic E-state index is -0.355. The number of cyclic esters (lactones) is 1. The highest BCUT2D eigenvalue weighted by molar-refractivity contribution is 5.69. The van der Waals surface area contributed by atoms with E-state index in [0.717, 1.165) is 12.8 Å². The van der Waals surface area contributed by atoms with Crippen LogP contribution in [0.5, 0.6) is 0 Å². The number of carbonyl (C=O) groups excluding carboxylic acids is 1. The SMILES string of the molecule is NC1(COCC2CNC(=O)O2)CCCC1. The fourth-order valence-electron chi connectivity index (χ4n) is 2.14. The molecule has 5 nitrogen and oxygen atoms in total. The Bertz CT molecular complexity index is 239. The van der Waals surface area contributed by atoms with Gasteiger partial charge in [0.1, 0.15) is 6.10 Å². The fraction of sp³-hybridized carbons (Fsp3) is 0.900. The molecule has 3 N–H and O–H groups in total. The Labute approximate surface area is 89.3 Å². The van der Waals surface area contributed by atoms with Crippen LogP contribution in [0.4, 0.5) is 4.79 Å². The van der Waals surface area contributed by atoms with Gasteiger partial charge in [0.15, 0.2) is 0 Å². The summed E-state index contributed by atoms with van der Waals surface area (Å²) >= 11 is 0. The van der Waals surface area contributed by atoms with E-state index >= 15 is 0 Å². The Morgan fingerprint density at radius 3 is 2.87 bits per heavy atom. The van der Waals surface area contributed by atoms with Gasteiger partial charge in [-0.15, -0.1) is 0 Å². The summed E-state index contributed by atoms with van der Waals surface area (Å²) in [5, 5.41) is 2.59. The fourth-order valence-corrected chi connectivity index (χ4v) is 2.14. The predicted octanol–water partition coefficient (Wildman–Crippen LogP) is 0.383. The second-order valence-electron chi connectivity index (χ2n) is 4.49. The lowest BCUT2D eigenvalue weighted by molar-refractivity contribution is 0.0246. The third-order valence-corrected chi connectivity index (χ3v) is 3.04. The molecule has 1 heterocycles. The van der Waals surface area contributed by atoms with E-state index in [-0.39, 0.29) is 17.7 Å². The summed E-state index contributed by atoms with van der Waals surface area (Å²) in [5.41, 5.74) is 5.98. The average Bonchev–Trinajstić information content (AvgIpc) is 2.76. The van der Waals surface area contributed by atoms with E-state index in [9.17, 15) is 4.79 Å². The van der Waals surface area contributed by atoms with Gasteiger partial charge in [-0.05, 0) is 12.8 Å². The van der Waals surface area contributed by atoms with Gasteiger partial charge in [-0.3, -0.25) is 0 Å². The molecular weight excluding hydrogens is 196 g/mol. The quantitative estimate of drug-likeness (QED) is 0.709. The van der Waals surface area contributed by atoms with E-state index in [1.807, 2.05) is 0 Å². The van der Waals surface area contributed by atoms with Gasteiger partial charge >= 0.3 is 6.09 Å². The predicted molar refractivity (Wildman–Crippen MR) is 54.5 cm³/mol. The number of nitrogens with one attached hydrogen (secondary N) is 1. The summed E-state index contributed by atoms with van der Waals surface area (Å²) in [6, 6.07) is 0. The van der Waals surface area contributed by atoms with Gasteiger partial charge in [0.25, 0.3) is 0 Å². The number of rotatable bonds is 4. The van der Waals surface area contributed by atoms with Crippen molar-refractivity contribution in [3.63, 3.8) is 0 Å². The molecular formula is C10H18N2O3. The second-order valence-corrected chi connectivity index (χ2v) is 4.49. The molecule has 0 radical (unpaired) electrons. The van der Waals surface area contributed by atoms with E-state index in [0.29, 0.717) is 19.8 Å². The second kappa shape index (κ2) is 4.37. The Hall–Kier alpha value is -0.810. The summed E-state index contributed by atoms with van der Waals surface area (Å²) in [6.45, 7) is 1.55. The van der Waals surface area contributed by atoms with E-state index in [1.165, 1.54) is 12.8 Å². The van der Waals surface area contributed by atoms with Crippen LogP contribution in [0.15, 0.2) is 0 Å². The number of amides is 1. The lowest BCUT2D eigenvalue weighted by Gasteiger charge is -2.23. The normalized spacial score (nSPS) is 28.9. The molecule has 0 aromatic heterocycles. The van der Waals surface area contributed by atoms with Crippen molar-refractivity contribution >= 4 is 6.09 Å². The molecule has 5 heteroatoms. The smallest absolute Gasteiger partial charge is 0.407 e. The first kappa shape index (κ1) is 10.7. The maximum absolute atomic E-state index is 10.7. The van der Waals surface area contributed by atoms with Gasteiger partial charge in [-0.1, -0.05) is 12.8 Å². The molecule has 1 unspecified atom stereocenters. The Morgan fingerprint density at radius 2 is 2.27 bits per heavy atom. The maximum Gasteiger partial charge on any atom is 0.407 e. The molecule has 15 heavy (non-hydrogen) atoms. The minimum Gasteiger partial charge on any atom is -0.442 e. The minimum absolute atomic E-state index is 0.143. The molecule has 2 fully saturated rings. The number of hydrogen-bond acceptors (Lipinski definition) is 4. The zero-order chi connectivity index (χ0) is 10.7. The van der Waals surface area contributed by atoms with Crippen molar-refractivity contribution < 1.29 is 14.3 Å². The van der Waals surface area contributed by atoms with E-state index in [1.54, 1.807) is 0 Å². The molecule has 1 saturated carbocycles. The monoisotopic (exact) mass is 214 g/mol. The molecule has 0 aromatic carbocycles. The number of carbonyl (C=O) groups is 1. The molecule has 86 valence electrons. The van der Waals surface area contributed by atoms with Gasteiger partial charge < -0.3 is 20.5 Å². The van der Waals surface area contributed by atoms with Crippen LogP contribution in [0, 0.1) is 0 Å². The maximum atomic E-state index is 10.7. The van der Waals surface area contributed by atoms with Crippen molar-refractivity contribution in [2.45, 2.75) is 37.3 Å². The van der Waals surface area contributed by atoms with E-state index in [2.05, 4.69) is 5.32 Å². The summed E-state index contributed by atoms with van der Waals surface area (Å²) in [7, 11) is 0. The first-order valence-electron chi connectivity index (χ1n) is 5.49. The topological polar surface area (TPSA) is 73.6 Å². The van der Waals surface area contributed by atoms with Gasteiger partial charge in [0.2, 0.25) is 0 Å². The Kier molecular flexibility index (Phi) is 3.11. The van der Waals surface area contributed by atoms with Crippen molar-refractivity contribution in [1.29, 1.82) is 0 Å². The van der Waals surface area contributed by atoms with Crippen molar-refractivity contribution in [2.75, 3.05) is 19.8 Å².